The van der Waals surface area contributed by atoms with Crippen LogP contribution in [0.2, 0.25) is 0 Å². The number of nitrogens with one attached hydrogen (secondary N) is 1. The van der Waals surface area contributed by atoms with Gasteiger partial charge in [-0.05, 0) is 12.1 Å². The predicted octanol–water partition coefficient (Wildman–Crippen LogP) is 2.61. The quantitative estimate of drug-likeness (QED) is 0.874. The van der Waals surface area contributed by atoms with E-state index >= 15 is 0 Å². The molecule has 0 aliphatic rings. The van der Waals surface area contributed by atoms with Crippen LogP contribution in [-0.2, 0) is 15.7 Å². The Hall–Kier alpha value is -2.16. The topological polar surface area (TPSA) is 68.3 Å². The highest BCUT2D eigenvalue weighted by atomic mass is 32.1. The van der Waals surface area contributed by atoms with Gasteiger partial charge in [-0.25, -0.2) is 0 Å². The van der Waals surface area contributed by atoms with Crippen LogP contribution in [0.25, 0.3) is 10.2 Å². The molecule has 2 aromatic rings. The molecule has 22 heavy (non-hydrogen) atoms. The fourth-order valence-electron chi connectivity index (χ4n) is 1.74. The van der Waals surface area contributed by atoms with Crippen molar-refractivity contribution < 1.29 is 27.5 Å². The first-order chi connectivity index (χ1) is 10.3. The summed E-state index contributed by atoms with van der Waals surface area (Å²) in [7, 11) is 1.22. The summed E-state index contributed by atoms with van der Waals surface area (Å²) < 4.78 is 43.0. The number of halogens is 3. The number of hydrogen-bond donors (Lipinski definition) is 1. The summed E-state index contributed by atoms with van der Waals surface area (Å²) in [5.74, 6) is -1.04. The molecule has 1 N–H and O–H groups in total. The van der Waals surface area contributed by atoms with Crippen LogP contribution in [0.1, 0.15) is 21.7 Å². The number of fused-ring (bicyclic) bond motifs is 1. The second-order valence-corrected chi connectivity index (χ2v) is 5.32. The van der Waals surface area contributed by atoms with E-state index in [0.29, 0.717) is 11.3 Å². The van der Waals surface area contributed by atoms with Crippen LogP contribution < -0.4 is 5.32 Å². The predicted molar refractivity (Wildman–Crippen MR) is 73.6 cm³/mol. The number of alkyl halides is 3. The van der Waals surface area contributed by atoms with Crippen LogP contribution in [0, 0.1) is 0 Å². The molecule has 0 atom stereocenters. The Bertz CT molecular complexity index is 712. The van der Waals surface area contributed by atoms with Crippen molar-refractivity contribution in [3.8, 4) is 0 Å². The van der Waals surface area contributed by atoms with E-state index in [2.05, 4.69) is 15.0 Å². The van der Waals surface area contributed by atoms with Crippen LogP contribution in [0.15, 0.2) is 18.3 Å². The molecule has 0 saturated carbocycles. The molecule has 2 rings (SSSR count). The summed E-state index contributed by atoms with van der Waals surface area (Å²) in [6.07, 6.45) is -3.47. The zero-order valence-corrected chi connectivity index (χ0v) is 12.2. The normalized spacial score (nSPS) is 11.5. The van der Waals surface area contributed by atoms with E-state index in [9.17, 15) is 22.8 Å². The molecule has 0 bridgehead atoms. The number of aromatic nitrogens is 1. The lowest BCUT2D eigenvalue weighted by molar-refractivity contribution is -0.140. The minimum atomic E-state index is -4.51. The van der Waals surface area contributed by atoms with Crippen LogP contribution in [0.3, 0.4) is 0 Å². The Morgan fingerprint density at radius 1 is 1.41 bits per heavy atom. The maximum atomic E-state index is 12.9. The Kier molecular flexibility index (Phi) is 4.65. The lowest BCUT2D eigenvalue weighted by Crippen LogP contribution is -2.25. The molecule has 0 aliphatic carbocycles. The van der Waals surface area contributed by atoms with E-state index in [4.69, 9.17) is 0 Å². The zero-order valence-electron chi connectivity index (χ0n) is 11.4. The molecule has 0 radical (unpaired) electrons. The van der Waals surface area contributed by atoms with Gasteiger partial charge >= 0.3 is 12.1 Å². The van der Waals surface area contributed by atoms with Crippen molar-refractivity contribution in [1.82, 2.24) is 10.3 Å². The van der Waals surface area contributed by atoms with E-state index in [-0.39, 0.29) is 28.1 Å². The first kappa shape index (κ1) is 16.2. The second kappa shape index (κ2) is 6.30. The molecule has 5 nitrogen and oxygen atoms in total. The standard InChI is InChI=1S/C13H11F3N2O3S/c1-21-10(19)3-5-18-12(20)9-6-8-11(22-9)7(2-4-17-8)13(14,15)16/h2,4,6H,3,5H2,1H3,(H,18,20). The number of methoxy groups -OCH3 is 1. The Morgan fingerprint density at radius 3 is 2.77 bits per heavy atom. The van der Waals surface area contributed by atoms with E-state index in [1.54, 1.807) is 0 Å². The molecule has 118 valence electrons. The average Bonchev–Trinajstić information content (AvgIpc) is 2.89. The fourth-order valence-corrected chi connectivity index (χ4v) is 2.81. The van der Waals surface area contributed by atoms with E-state index < -0.39 is 23.6 Å². The molecule has 0 aliphatic heterocycles. The summed E-state index contributed by atoms with van der Waals surface area (Å²) in [5.41, 5.74) is -0.714. The van der Waals surface area contributed by atoms with Gasteiger partial charge in [0.2, 0.25) is 0 Å². The third-order valence-corrected chi connectivity index (χ3v) is 3.94. The fraction of sp³-hybridized carbons (Fsp3) is 0.308. The van der Waals surface area contributed by atoms with Gasteiger partial charge in [-0.1, -0.05) is 0 Å². The highest BCUT2D eigenvalue weighted by Crippen LogP contribution is 2.37. The van der Waals surface area contributed by atoms with Gasteiger partial charge in [-0.3, -0.25) is 14.6 Å². The number of carbonyl (C=O) groups is 2. The molecular weight excluding hydrogens is 321 g/mol. The third-order valence-electron chi connectivity index (χ3n) is 2.78. The molecule has 0 fully saturated rings. The number of pyridine rings is 1. The van der Waals surface area contributed by atoms with Crippen molar-refractivity contribution >= 4 is 33.4 Å². The molecule has 1 amide bonds. The van der Waals surface area contributed by atoms with E-state index in [1.807, 2.05) is 0 Å². The van der Waals surface area contributed by atoms with Crippen molar-refractivity contribution in [3.63, 3.8) is 0 Å². The summed E-state index contributed by atoms with van der Waals surface area (Å²) in [4.78, 5) is 26.7. The van der Waals surface area contributed by atoms with Crippen molar-refractivity contribution in [3.05, 3.63) is 28.8 Å². The molecule has 2 aromatic heterocycles. The number of rotatable bonds is 4. The molecule has 0 spiro atoms. The first-order valence-corrected chi connectivity index (χ1v) is 6.95. The zero-order chi connectivity index (χ0) is 16.3. The van der Waals surface area contributed by atoms with Gasteiger partial charge in [0, 0.05) is 12.7 Å². The highest BCUT2D eigenvalue weighted by Gasteiger charge is 2.33. The van der Waals surface area contributed by atoms with Gasteiger partial charge in [0.05, 0.1) is 34.2 Å². The van der Waals surface area contributed by atoms with Gasteiger partial charge in [0.15, 0.2) is 0 Å². The van der Waals surface area contributed by atoms with Crippen LogP contribution in [-0.4, -0.2) is 30.5 Å². The number of amides is 1. The maximum Gasteiger partial charge on any atom is 0.417 e. The Labute approximate surface area is 127 Å². The van der Waals surface area contributed by atoms with Crippen molar-refractivity contribution in [2.24, 2.45) is 0 Å². The summed E-state index contributed by atoms with van der Waals surface area (Å²) in [6.45, 7) is 0.0410. The number of nitrogens with zero attached hydrogens (tertiary/aromatic N) is 1. The van der Waals surface area contributed by atoms with Gasteiger partial charge in [-0.2, -0.15) is 13.2 Å². The van der Waals surface area contributed by atoms with Crippen LogP contribution in [0.4, 0.5) is 13.2 Å². The van der Waals surface area contributed by atoms with Gasteiger partial charge in [0.25, 0.3) is 5.91 Å². The summed E-state index contributed by atoms with van der Waals surface area (Å²) in [5, 5.41) is 2.44. The SMILES string of the molecule is COC(=O)CCNC(=O)c1cc2nccc(C(F)(F)F)c2s1. The maximum absolute atomic E-state index is 12.9. The van der Waals surface area contributed by atoms with E-state index in [0.717, 1.165) is 12.3 Å². The molecule has 9 heteroatoms. The van der Waals surface area contributed by atoms with E-state index in [1.165, 1.54) is 13.2 Å². The molecule has 2 heterocycles. The average molecular weight is 332 g/mol. The van der Waals surface area contributed by atoms with Crippen molar-refractivity contribution in [2.45, 2.75) is 12.6 Å². The number of esters is 1. The molecule has 0 unspecified atom stereocenters. The molecular formula is C13H11F3N2O3S. The van der Waals surface area contributed by atoms with Gasteiger partial charge in [0.1, 0.15) is 0 Å². The smallest absolute Gasteiger partial charge is 0.417 e. The minimum absolute atomic E-state index is 0.0147. The monoisotopic (exact) mass is 332 g/mol. The minimum Gasteiger partial charge on any atom is -0.469 e. The van der Waals surface area contributed by atoms with Crippen LogP contribution in [0.5, 0.6) is 0 Å². The summed E-state index contributed by atoms with van der Waals surface area (Å²) in [6, 6.07) is 2.17. The number of carbonyl (C=O) groups excluding carboxylic acids is 2. The second-order valence-electron chi connectivity index (χ2n) is 4.26. The van der Waals surface area contributed by atoms with Crippen molar-refractivity contribution in [1.29, 1.82) is 0 Å². The molecule has 0 aromatic carbocycles. The Balaban J connectivity index is 2.19. The number of hydrogen-bond acceptors (Lipinski definition) is 5. The largest absolute Gasteiger partial charge is 0.469 e. The van der Waals surface area contributed by atoms with Crippen molar-refractivity contribution in [2.75, 3.05) is 13.7 Å². The van der Waals surface area contributed by atoms with Gasteiger partial charge < -0.3 is 10.1 Å². The lowest BCUT2D eigenvalue weighted by Gasteiger charge is -2.06. The first-order valence-electron chi connectivity index (χ1n) is 6.13. The number of ether oxygens (including phenoxy) is 1. The third kappa shape index (κ3) is 3.53. The molecule has 0 saturated heterocycles. The lowest BCUT2D eigenvalue weighted by atomic mass is 10.2. The Morgan fingerprint density at radius 2 is 2.14 bits per heavy atom. The summed E-state index contributed by atoms with van der Waals surface area (Å²) >= 11 is 0.713. The highest BCUT2D eigenvalue weighted by molar-refractivity contribution is 7.21. The number of thiophene rings is 1. The van der Waals surface area contributed by atoms with Gasteiger partial charge in [-0.15, -0.1) is 11.3 Å². The van der Waals surface area contributed by atoms with Crippen LogP contribution >= 0.6 is 11.3 Å².